The van der Waals surface area contributed by atoms with Crippen LogP contribution in [0.2, 0.25) is 0 Å². The van der Waals surface area contributed by atoms with Crippen LogP contribution in [0, 0.1) is 0 Å². The van der Waals surface area contributed by atoms with Crippen LogP contribution in [-0.4, -0.2) is 42.6 Å². The number of halogens is 8. The molecule has 0 heterocycles. The zero-order valence-corrected chi connectivity index (χ0v) is 16.6. The van der Waals surface area contributed by atoms with E-state index in [9.17, 15) is 40.2 Å². The van der Waals surface area contributed by atoms with Gasteiger partial charge in [-0.3, -0.25) is 0 Å². The van der Waals surface area contributed by atoms with E-state index in [4.69, 9.17) is 4.74 Å². The fourth-order valence-electron chi connectivity index (χ4n) is 2.80. The van der Waals surface area contributed by atoms with E-state index in [1.54, 1.807) is 36.4 Å². The van der Waals surface area contributed by atoms with Gasteiger partial charge in [0.2, 0.25) is 0 Å². The molecule has 0 aliphatic heterocycles. The molecule has 0 amide bonds. The molecule has 3 nitrogen and oxygen atoms in total. The minimum atomic E-state index is -5.69. The van der Waals surface area contributed by atoms with Gasteiger partial charge in [-0.1, -0.05) is 24.3 Å². The number of hydrogen-bond acceptors (Lipinski definition) is 3. The molecule has 32 heavy (non-hydrogen) atoms. The molecule has 0 fully saturated rings. The van der Waals surface area contributed by atoms with Crippen LogP contribution in [0.4, 0.5) is 40.8 Å². The second-order valence-corrected chi connectivity index (χ2v) is 7.08. The number of alkyl halides is 8. The first kappa shape index (κ1) is 25.7. The standard InChI is InChI=1S/C21H21F8NO2/c22-19(23,21(27,28)29)11-4-5-12-30(14-18(31)20(24,25)26)15-7-6-10-17(13-15)32-16-8-2-1-3-9-16/h1-3,6-10,13,18,31H,4-5,11-12,14H2. The van der Waals surface area contributed by atoms with Crippen molar-refractivity contribution in [3.8, 4) is 11.5 Å². The van der Waals surface area contributed by atoms with Gasteiger partial charge < -0.3 is 14.7 Å². The predicted octanol–water partition coefficient (Wildman–Crippen LogP) is 6.58. The van der Waals surface area contributed by atoms with Crippen LogP contribution in [-0.2, 0) is 0 Å². The van der Waals surface area contributed by atoms with E-state index in [1.807, 2.05) is 0 Å². The Labute approximate surface area is 179 Å². The van der Waals surface area contributed by atoms with Crippen molar-refractivity contribution >= 4 is 5.69 Å². The van der Waals surface area contributed by atoms with Gasteiger partial charge >= 0.3 is 18.3 Å². The van der Waals surface area contributed by atoms with Crippen molar-refractivity contribution in [2.75, 3.05) is 18.0 Å². The van der Waals surface area contributed by atoms with Crippen molar-refractivity contribution in [3.63, 3.8) is 0 Å². The fraction of sp³-hybridized carbons (Fsp3) is 0.429. The van der Waals surface area contributed by atoms with Crippen LogP contribution in [0.15, 0.2) is 54.6 Å². The van der Waals surface area contributed by atoms with Crippen LogP contribution < -0.4 is 9.64 Å². The number of nitrogens with zero attached hydrogens (tertiary/aromatic N) is 1. The summed E-state index contributed by atoms with van der Waals surface area (Å²) in [4.78, 5) is 1.07. The summed E-state index contributed by atoms with van der Waals surface area (Å²) >= 11 is 0. The molecule has 11 heteroatoms. The highest BCUT2D eigenvalue weighted by molar-refractivity contribution is 5.51. The summed E-state index contributed by atoms with van der Waals surface area (Å²) in [5, 5.41) is 9.45. The van der Waals surface area contributed by atoms with Crippen LogP contribution >= 0.6 is 0 Å². The highest BCUT2D eigenvalue weighted by Crippen LogP contribution is 2.39. The molecule has 0 radical (unpaired) electrons. The lowest BCUT2D eigenvalue weighted by Crippen LogP contribution is -2.41. The number of aliphatic hydroxyl groups excluding tert-OH is 1. The second kappa shape index (κ2) is 10.4. The molecule has 0 spiro atoms. The monoisotopic (exact) mass is 471 g/mol. The predicted molar refractivity (Wildman–Crippen MR) is 102 cm³/mol. The Morgan fingerprint density at radius 1 is 0.812 bits per heavy atom. The zero-order valence-electron chi connectivity index (χ0n) is 16.6. The van der Waals surface area contributed by atoms with E-state index in [0.717, 1.165) is 4.90 Å². The number of hydrogen-bond donors (Lipinski definition) is 1. The summed E-state index contributed by atoms with van der Waals surface area (Å²) in [6.45, 7) is -1.20. The number of para-hydroxylation sites is 1. The van der Waals surface area contributed by atoms with Gasteiger partial charge in [0.05, 0.1) is 6.54 Å². The molecule has 0 aliphatic rings. The van der Waals surface area contributed by atoms with Gasteiger partial charge in [-0.05, 0) is 37.1 Å². The molecule has 2 aromatic carbocycles. The van der Waals surface area contributed by atoms with Gasteiger partial charge in [0, 0.05) is 24.7 Å². The quantitative estimate of drug-likeness (QED) is 0.314. The molecule has 0 saturated heterocycles. The average molecular weight is 471 g/mol. The summed E-state index contributed by atoms with van der Waals surface area (Å²) in [5.74, 6) is -4.16. The molecule has 0 bridgehead atoms. The Balaban J connectivity index is 2.12. The molecule has 2 rings (SSSR count). The molecule has 1 N–H and O–H groups in total. The lowest BCUT2D eigenvalue weighted by Gasteiger charge is -2.29. The van der Waals surface area contributed by atoms with Crippen molar-refractivity contribution in [1.29, 1.82) is 0 Å². The van der Waals surface area contributed by atoms with Crippen molar-refractivity contribution in [2.45, 2.75) is 43.6 Å². The number of unbranched alkanes of at least 4 members (excludes halogenated alkanes) is 1. The zero-order chi connectivity index (χ0) is 24.0. The molecule has 178 valence electrons. The normalized spacial score (nSPS) is 13.7. The fourth-order valence-corrected chi connectivity index (χ4v) is 2.80. The van der Waals surface area contributed by atoms with Crippen molar-refractivity contribution in [3.05, 3.63) is 54.6 Å². The maximum absolute atomic E-state index is 13.1. The number of ether oxygens (including phenoxy) is 1. The van der Waals surface area contributed by atoms with Crippen LogP contribution in [0.25, 0.3) is 0 Å². The highest BCUT2D eigenvalue weighted by Gasteiger charge is 2.56. The lowest BCUT2D eigenvalue weighted by molar-refractivity contribution is -0.284. The third-order valence-electron chi connectivity index (χ3n) is 4.52. The van der Waals surface area contributed by atoms with Gasteiger partial charge in [-0.25, -0.2) is 0 Å². The second-order valence-electron chi connectivity index (χ2n) is 7.08. The van der Waals surface area contributed by atoms with Crippen LogP contribution in [0.3, 0.4) is 0 Å². The maximum atomic E-state index is 13.1. The third kappa shape index (κ3) is 7.54. The third-order valence-corrected chi connectivity index (χ3v) is 4.52. The van der Waals surface area contributed by atoms with E-state index in [2.05, 4.69) is 0 Å². The van der Waals surface area contributed by atoms with Crippen LogP contribution in [0.5, 0.6) is 11.5 Å². The Morgan fingerprint density at radius 3 is 2.03 bits per heavy atom. The maximum Gasteiger partial charge on any atom is 0.453 e. The highest BCUT2D eigenvalue weighted by atomic mass is 19.4. The van der Waals surface area contributed by atoms with E-state index in [0.29, 0.717) is 5.75 Å². The van der Waals surface area contributed by atoms with E-state index < -0.39 is 43.8 Å². The van der Waals surface area contributed by atoms with Gasteiger partial charge in [0.1, 0.15) is 11.5 Å². The topological polar surface area (TPSA) is 32.7 Å². The molecule has 2 aromatic rings. The van der Waals surface area contributed by atoms with Crippen LogP contribution in [0.1, 0.15) is 19.3 Å². The smallest absolute Gasteiger partial charge is 0.453 e. The average Bonchev–Trinajstić information content (AvgIpc) is 2.69. The number of anilines is 1. The van der Waals surface area contributed by atoms with Crippen molar-refractivity contribution < 1.29 is 45.0 Å². The SMILES string of the molecule is OC(CN(CCCCC(F)(F)C(F)(F)F)c1cccc(Oc2ccccc2)c1)C(F)(F)F. The summed E-state index contributed by atoms with van der Waals surface area (Å²) in [7, 11) is 0. The summed E-state index contributed by atoms with van der Waals surface area (Å²) in [6, 6.07) is 14.3. The minimum Gasteiger partial charge on any atom is -0.457 e. The minimum absolute atomic E-state index is 0.185. The van der Waals surface area contributed by atoms with Gasteiger partial charge in [0.25, 0.3) is 0 Å². The number of benzene rings is 2. The van der Waals surface area contributed by atoms with E-state index in [1.165, 1.54) is 18.2 Å². The van der Waals surface area contributed by atoms with Gasteiger partial charge in [-0.15, -0.1) is 0 Å². The van der Waals surface area contributed by atoms with Crippen molar-refractivity contribution in [2.24, 2.45) is 0 Å². The molecule has 1 atom stereocenters. The summed E-state index contributed by atoms with van der Waals surface area (Å²) in [6.07, 6.45) is -15.7. The largest absolute Gasteiger partial charge is 0.457 e. The Bertz CT molecular complexity index is 840. The van der Waals surface area contributed by atoms with Crippen molar-refractivity contribution in [1.82, 2.24) is 0 Å². The number of aliphatic hydroxyl groups is 1. The molecule has 1 unspecified atom stereocenters. The van der Waals surface area contributed by atoms with E-state index in [-0.39, 0.29) is 24.4 Å². The first-order valence-corrected chi connectivity index (χ1v) is 9.57. The van der Waals surface area contributed by atoms with Gasteiger partial charge in [0.15, 0.2) is 6.10 Å². The lowest BCUT2D eigenvalue weighted by atomic mass is 10.1. The Kier molecular flexibility index (Phi) is 8.33. The number of rotatable bonds is 10. The Morgan fingerprint density at radius 2 is 1.44 bits per heavy atom. The molecular weight excluding hydrogens is 450 g/mol. The van der Waals surface area contributed by atoms with Gasteiger partial charge in [-0.2, -0.15) is 35.1 Å². The molecule has 0 aromatic heterocycles. The molecule has 0 aliphatic carbocycles. The molecule has 0 saturated carbocycles. The molecular formula is C21H21F8NO2. The summed E-state index contributed by atoms with van der Waals surface area (Å²) < 4.78 is 107. The summed E-state index contributed by atoms with van der Waals surface area (Å²) in [5.41, 5.74) is 0.185. The first-order chi connectivity index (χ1) is 14.8. The van der Waals surface area contributed by atoms with E-state index >= 15 is 0 Å². The Hall–Kier alpha value is -2.56. The first-order valence-electron chi connectivity index (χ1n) is 9.57.